The zero-order valence-electron chi connectivity index (χ0n) is 11.3. The van der Waals surface area contributed by atoms with Crippen LogP contribution in [0.4, 0.5) is 0 Å². The molecule has 23 heavy (non-hydrogen) atoms. The molecule has 0 unspecified atom stereocenters. The van der Waals surface area contributed by atoms with Crippen molar-refractivity contribution in [3.05, 3.63) is 61.0 Å². The Morgan fingerprint density at radius 2 is 1.43 bits per heavy atom. The first-order valence-corrected chi connectivity index (χ1v) is 8.39. The molecule has 0 amide bonds. The molecule has 0 aliphatic rings. The number of hydrogen-bond donors (Lipinski definition) is 0. The molecule has 0 aliphatic carbocycles. The fourth-order valence-corrected chi connectivity index (χ4v) is 2.59. The zero-order valence-corrected chi connectivity index (χ0v) is 15.8. The van der Waals surface area contributed by atoms with E-state index < -0.39 is 0 Å². The summed E-state index contributed by atoms with van der Waals surface area (Å²) in [6.45, 7) is 0.134. The van der Waals surface area contributed by atoms with E-state index in [1.54, 1.807) is 30.3 Å². The van der Waals surface area contributed by atoms with E-state index in [1.807, 2.05) is 0 Å². The highest BCUT2D eigenvalue weighted by Gasteiger charge is 2.11. The summed E-state index contributed by atoms with van der Waals surface area (Å²) in [5, 5.41) is 1.38. The molecule has 0 saturated carbocycles. The van der Waals surface area contributed by atoms with Gasteiger partial charge in [-0.2, -0.15) is 0 Å². The fraction of sp³-hybridized carbons (Fsp3) is 0.0667. The monoisotopic (exact) mass is 430 g/mol. The van der Waals surface area contributed by atoms with Gasteiger partial charge in [0.25, 0.3) is 0 Å². The molecular weight excluding hydrogens is 425 g/mol. The summed E-state index contributed by atoms with van der Waals surface area (Å²) < 4.78 is 11.2. The van der Waals surface area contributed by atoms with E-state index in [2.05, 4.69) is 0 Å². The Balaban J connectivity index is 2.18. The van der Waals surface area contributed by atoms with Crippen LogP contribution in [0.3, 0.4) is 0 Å². The Hall–Kier alpha value is -0.480. The topological polar surface area (TPSA) is 18.5 Å². The van der Waals surface area contributed by atoms with Crippen molar-refractivity contribution in [3.8, 4) is 17.2 Å². The normalized spacial score (nSPS) is 10.3. The Bertz CT molecular complexity index is 718. The molecule has 0 aliphatic heterocycles. The average Bonchev–Trinajstić information content (AvgIpc) is 2.45. The highest BCUT2D eigenvalue weighted by molar-refractivity contribution is 6.55. The standard InChI is InChI=1S/C15H8Cl6O2/c16-10-2-1-8(5-11(10)17)23-9-6-12(18)15(13(19)7-9)22-4-3-14(20)21/h1-3,5-7H,4H2. The highest BCUT2D eigenvalue weighted by Crippen LogP contribution is 2.39. The molecule has 2 aromatic rings. The van der Waals surface area contributed by atoms with Gasteiger partial charge in [0.1, 0.15) is 22.6 Å². The van der Waals surface area contributed by atoms with Crippen LogP contribution in [-0.4, -0.2) is 6.61 Å². The molecule has 0 aromatic heterocycles. The van der Waals surface area contributed by atoms with Crippen LogP contribution in [0.2, 0.25) is 20.1 Å². The Morgan fingerprint density at radius 3 is 2.00 bits per heavy atom. The summed E-state index contributed by atoms with van der Waals surface area (Å²) in [7, 11) is 0. The first-order chi connectivity index (χ1) is 10.9. The maximum absolute atomic E-state index is 6.15. The maximum Gasteiger partial charge on any atom is 0.157 e. The summed E-state index contributed by atoms with van der Waals surface area (Å²) in [6.07, 6.45) is 1.47. The van der Waals surface area contributed by atoms with Crippen molar-refractivity contribution in [2.75, 3.05) is 6.61 Å². The molecule has 0 radical (unpaired) electrons. The Morgan fingerprint density at radius 1 is 0.826 bits per heavy atom. The van der Waals surface area contributed by atoms with Gasteiger partial charge in [0, 0.05) is 18.2 Å². The van der Waals surface area contributed by atoms with Crippen molar-refractivity contribution in [2.24, 2.45) is 0 Å². The smallest absolute Gasteiger partial charge is 0.157 e. The molecule has 0 atom stereocenters. The molecule has 0 heterocycles. The van der Waals surface area contributed by atoms with Crippen LogP contribution in [0, 0.1) is 0 Å². The molecular formula is C15H8Cl6O2. The van der Waals surface area contributed by atoms with Gasteiger partial charge in [0.2, 0.25) is 0 Å². The molecule has 0 N–H and O–H groups in total. The summed E-state index contributed by atoms with van der Waals surface area (Å²) in [6, 6.07) is 8.02. The lowest BCUT2D eigenvalue weighted by Crippen LogP contribution is -1.96. The van der Waals surface area contributed by atoms with E-state index in [0.717, 1.165) is 0 Å². The van der Waals surface area contributed by atoms with Crippen LogP contribution >= 0.6 is 69.6 Å². The van der Waals surface area contributed by atoms with Crippen LogP contribution in [-0.2, 0) is 0 Å². The molecule has 0 spiro atoms. The van der Waals surface area contributed by atoms with Crippen molar-refractivity contribution in [3.63, 3.8) is 0 Å². The van der Waals surface area contributed by atoms with Crippen LogP contribution in [0.25, 0.3) is 0 Å². The van der Waals surface area contributed by atoms with Gasteiger partial charge in [-0.3, -0.25) is 0 Å². The fourth-order valence-electron chi connectivity index (χ4n) is 1.60. The second-order valence-corrected chi connectivity index (χ2v) is 6.84. The Labute approximate surface area is 163 Å². The van der Waals surface area contributed by atoms with Crippen molar-refractivity contribution in [1.29, 1.82) is 0 Å². The van der Waals surface area contributed by atoms with E-state index in [9.17, 15) is 0 Å². The van der Waals surface area contributed by atoms with Gasteiger partial charge >= 0.3 is 0 Å². The average molecular weight is 433 g/mol. The summed E-state index contributed by atoms with van der Waals surface area (Å²) >= 11 is 35.1. The molecule has 2 nitrogen and oxygen atoms in total. The van der Waals surface area contributed by atoms with Crippen LogP contribution in [0.1, 0.15) is 0 Å². The van der Waals surface area contributed by atoms with Gasteiger partial charge in [0.15, 0.2) is 5.75 Å². The van der Waals surface area contributed by atoms with Crippen molar-refractivity contribution >= 4 is 69.6 Å². The van der Waals surface area contributed by atoms with Crippen LogP contribution in [0.5, 0.6) is 17.2 Å². The SMILES string of the molecule is ClC(Cl)=CCOc1c(Cl)cc(Oc2ccc(Cl)c(Cl)c2)cc1Cl. The number of hydrogen-bond acceptors (Lipinski definition) is 2. The lowest BCUT2D eigenvalue weighted by molar-refractivity contribution is 0.362. The maximum atomic E-state index is 6.15. The summed E-state index contributed by atoms with van der Waals surface area (Å²) in [4.78, 5) is 0. The Kier molecular flexibility index (Phi) is 7.02. The molecule has 8 heteroatoms. The molecule has 0 bridgehead atoms. The number of halogens is 6. The lowest BCUT2D eigenvalue weighted by atomic mass is 10.3. The summed E-state index contributed by atoms with van der Waals surface area (Å²) in [5.41, 5.74) is 0. The van der Waals surface area contributed by atoms with Crippen LogP contribution < -0.4 is 9.47 Å². The van der Waals surface area contributed by atoms with E-state index in [4.69, 9.17) is 79.1 Å². The number of benzene rings is 2. The van der Waals surface area contributed by atoms with Crippen molar-refractivity contribution < 1.29 is 9.47 Å². The largest absolute Gasteiger partial charge is 0.486 e. The predicted molar refractivity (Wildman–Crippen MR) is 98.3 cm³/mol. The lowest BCUT2D eigenvalue weighted by Gasteiger charge is -2.12. The molecule has 2 rings (SSSR count). The third-order valence-corrected chi connectivity index (χ3v) is 4.17. The third-order valence-electron chi connectivity index (χ3n) is 2.56. The van der Waals surface area contributed by atoms with E-state index in [1.165, 1.54) is 6.08 Å². The van der Waals surface area contributed by atoms with Crippen LogP contribution in [0.15, 0.2) is 40.9 Å². The predicted octanol–water partition coefficient (Wildman–Crippen LogP) is 7.79. The highest BCUT2D eigenvalue weighted by atomic mass is 35.5. The first kappa shape index (κ1) is 18.9. The van der Waals surface area contributed by atoms with Gasteiger partial charge in [-0.25, -0.2) is 0 Å². The zero-order chi connectivity index (χ0) is 17.0. The van der Waals surface area contributed by atoms with Gasteiger partial charge in [-0.15, -0.1) is 0 Å². The second-order valence-electron chi connectivity index (χ2n) is 4.20. The number of ether oxygens (including phenoxy) is 2. The first-order valence-electron chi connectivity index (χ1n) is 6.12. The van der Waals surface area contributed by atoms with Gasteiger partial charge in [-0.1, -0.05) is 69.6 Å². The summed E-state index contributed by atoms with van der Waals surface area (Å²) in [5.74, 6) is 1.23. The molecule has 0 saturated heterocycles. The van der Waals surface area contributed by atoms with E-state index in [0.29, 0.717) is 27.3 Å². The van der Waals surface area contributed by atoms with Gasteiger partial charge in [-0.05, 0) is 18.2 Å². The van der Waals surface area contributed by atoms with E-state index >= 15 is 0 Å². The molecule has 122 valence electrons. The number of rotatable bonds is 5. The van der Waals surface area contributed by atoms with Gasteiger partial charge < -0.3 is 9.47 Å². The molecule has 2 aromatic carbocycles. The quantitative estimate of drug-likeness (QED) is 0.480. The third kappa shape index (κ3) is 5.53. The second kappa shape index (κ2) is 8.57. The van der Waals surface area contributed by atoms with Gasteiger partial charge in [0.05, 0.1) is 20.1 Å². The van der Waals surface area contributed by atoms with Crippen molar-refractivity contribution in [2.45, 2.75) is 0 Å². The minimum absolute atomic E-state index is 0.0943. The molecule has 0 fully saturated rings. The minimum Gasteiger partial charge on any atom is -0.486 e. The van der Waals surface area contributed by atoms with E-state index in [-0.39, 0.29) is 21.1 Å². The minimum atomic E-state index is 0.0943. The van der Waals surface area contributed by atoms with Crippen molar-refractivity contribution in [1.82, 2.24) is 0 Å².